The van der Waals surface area contributed by atoms with Gasteiger partial charge in [-0.1, -0.05) is 0 Å². The number of hydrogen-bond donors (Lipinski definition) is 0. The van der Waals surface area contributed by atoms with Gasteiger partial charge >= 0.3 is 0 Å². The largest absolute Gasteiger partial charge is 0.456 e. The maximum absolute atomic E-state index is 14.7. The Balaban J connectivity index is 2.12. The third-order valence-electron chi connectivity index (χ3n) is 4.35. The molecule has 0 atom stereocenters. The van der Waals surface area contributed by atoms with Gasteiger partial charge in [0.2, 0.25) is 11.4 Å². The van der Waals surface area contributed by atoms with Gasteiger partial charge in [-0.2, -0.15) is 0 Å². The summed E-state index contributed by atoms with van der Waals surface area (Å²) in [6, 6.07) is 13.0. The maximum atomic E-state index is 14.7. The molecule has 0 aliphatic rings. The van der Waals surface area contributed by atoms with Crippen LogP contribution in [-0.2, 0) is 7.05 Å². The van der Waals surface area contributed by atoms with E-state index in [1.807, 2.05) is 55.1 Å². The molecule has 0 amide bonds. The first-order chi connectivity index (χ1) is 11.6. The molecule has 0 spiro atoms. The second-order valence-electron chi connectivity index (χ2n) is 5.85. The normalized spacial score (nSPS) is 11.1. The minimum absolute atomic E-state index is 0.0117. The Morgan fingerprint density at radius 3 is 2.71 bits per heavy atom. The van der Waals surface area contributed by atoms with Gasteiger partial charge in [0.1, 0.15) is 24.0 Å². The van der Waals surface area contributed by atoms with E-state index in [4.69, 9.17) is 11.0 Å². The van der Waals surface area contributed by atoms with Crippen molar-refractivity contribution >= 4 is 27.6 Å². The highest BCUT2D eigenvalue weighted by atomic mass is 19.1. The molecule has 4 heteroatoms. The molecule has 0 saturated heterocycles. The number of halogens is 1. The Morgan fingerprint density at radius 1 is 1.12 bits per heavy atom. The lowest BCUT2D eigenvalue weighted by molar-refractivity contribution is -0.660. The van der Waals surface area contributed by atoms with E-state index in [-0.39, 0.29) is 5.69 Å². The SMILES string of the molecule is [C-]#[N+]c1ccc2oc3cc(C)c(-c4cccc[n+]4C)cc3c2c1F. The highest BCUT2D eigenvalue weighted by Crippen LogP contribution is 2.37. The molecule has 0 saturated carbocycles. The van der Waals surface area contributed by atoms with Crippen LogP contribution >= 0.6 is 0 Å². The van der Waals surface area contributed by atoms with E-state index < -0.39 is 5.82 Å². The van der Waals surface area contributed by atoms with Gasteiger partial charge in [0.25, 0.3) is 0 Å². The van der Waals surface area contributed by atoms with Crippen LogP contribution in [0.5, 0.6) is 0 Å². The number of aryl methyl sites for hydroxylation is 2. The van der Waals surface area contributed by atoms with Crippen molar-refractivity contribution < 1.29 is 13.4 Å². The summed E-state index contributed by atoms with van der Waals surface area (Å²) in [6.07, 6.45) is 1.98. The van der Waals surface area contributed by atoms with Crippen molar-refractivity contribution in [3.05, 3.63) is 71.5 Å². The van der Waals surface area contributed by atoms with E-state index >= 15 is 0 Å². The van der Waals surface area contributed by atoms with Gasteiger partial charge in [-0.3, -0.25) is 0 Å². The fraction of sp³-hybridized carbons (Fsp3) is 0.100. The van der Waals surface area contributed by atoms with Gasteiger partial charge < -0.3 is 4.42 Å². The molecular weight excluding hydrogens is 303 g/mol. The number of aromatic nitrogens is 1. The second-order valence-corrected chi connectivity index (χ2v) is 5.85. The molecule has 2 aromatic heterocycles. The zero-order valence-corrected chi connectivity index (χ0v) is 13.3. The molecule has 2 heterocycles. The molecule has 116 valence electrons. The summed E-state index contributed by atoms with van der Waals surface area (Å²) in [5, 5.41) is 1.07. The standard InChI is InChI=1S/C20H14FN2O/c1-12-10-18-14(11-13(12)16-6-4-5-9-23(16)3)19-17(24-18)8-7-15(22-2)20(19)21/h4-11H,1,3H3/q+1. The number of benzene rings is 2. The summed E-state index contributed by atoms with van der Waals surface area (Å²) in [7, 11) is 1.98. The van der Waals surface area contributed by atoms with Gasteiger partial charge in [0.15, 0.2) is 6.20 Å². The van der Waals surface area contributed by atoms with Crippen LogP contribution in [0.25, 0.3) is 38.0 Å². The van der Waals surface area contributed by atoms with Crippen molar-refractivity contribution in [1.82, 2.24) is 0 Å². The average Bonchev–Trinajstić information content (AvgIpc) is 2.93. The lowest BCUT2D eigenvalue weighted by Crippen LogP contribution is -2.30. The van der Waals surface area contributed by atoms with Crippen molar-refractivity contribution in [3.8, 4) is 11.3 Å². The van der Waals surface area contributed by atoms with E-state index in [1.54, 1.807) is 6.07 Å². The third-order valence-corrected chi connectivity index (χ3v) is 4.35. The van der Waals surface area contributed by atoms with Crippen molar-refractivity contribution in [2.75, 3.05) is 0 Å². The summed E-state index contributed by atoms with van der Waals surface area (Å²) in [5.41, 5.74) is 4.20. The molecule has 3 nitrogen and oxygen atoms in total. The molecule has 0 radical (unpaired) electrons. The zero-order chi connectivity index (χ0) is 16.8. The van der Waals surface area contributed by atoms with Crippen LogP contribution in [0.1, 0.15) is 5.56 Å². The van der Waals surface area contributed by atoms with E-state index in [1.165, 1.54) is 6.07 Å². The van der Waals surface area contributed by atoms with Crippen LogP contribution in [0.15, 0.2) is 53.1 Å². The first-order valence-electron chi connectivity index (χ1n) is 7.58. The molecule has 2 aromatic carbocycles. The molecule has 4 aromatic rings. The predicted molar refractivity (Wildman–Crippen MR) is 91.3 cm³/mol. The lowest BCUT2D eigenvalue weighted by Gasteiger charge is -2.04. The van der Waals surface area contributed by atoms with Crippen LogP contribution in [0.2, 0.25) is 0 Å². The summed E-state index contributed by atoms with van der Waals surface area (Å²) < 4.78 is 22.5. The molecule has 24 heavy (non-hydrogen) atoms. The molecule has 0 bridgehead atoms. The van der Waals surface area contributed by atoms with E-state index in [2.05, 4.69) is 4.85 Å². The van der Waals surface area contributed by atoms with Crippen LogP contribution in [0.3, 0.4) is 0 Å². The van der Waals surface area contributed by atoms with Crippen LogP contribution in [0, 0.1) is 19.3 Å². The van der Waals surface area contributed by atoms with Gasteiger partial charge in [-0.25, -0.2) is 13.8 Å². The lowest BCUT2D eigenvalue weighted by atomic mass is 10.0. The predicted octanol–water partition coefficient (Wildman–Crippen LogP) is 5.08. The average molecular weight is 317 g/mol. The summed E-state index contributed by atoms with van der Waals surface area (Å²) in [4.78, 5) is 3.25. The molecule has 4 rings (SSSR count). The molecule has 0 aliphatic carbocycles. The monoisotopic (exact) mass is 317 g/mol. The zero-order valence-electron chi connectivity index (χ0n) is 13.3. The maximum Gasteiger partial charge on any atom is 0.222 e. The fourth-order valence-electron chi connectivity index (χ4n) is 3.13. The van der Waals surface area contributed by atoms with E-state index in [0.717, 1.165) is 16.8 Å². The van der Waals surface area contributed by atoms with Crippen LogP contribution in [-0.4, -0.2) is 0 Å². The van der Waals surface area contributed by atoms with Gasteiger partial charge in [0, 0.05) is 23.1 Å². The highest BCUT2D eigenvalue weighted by Gasteiger charge is 2.19. The minimum Gasteiger partial charge on any atom is -0.456 e. The van der Waals surface area contributed by atoms with Crippen molar-refractivity contribution in [2.45, 2.75) is 6.92 Å². The number of furan rings is 1. The Morgan fingerprint density at radius 2 is 1.96 bits per heavy atom. The second kappa shape index (κ2) is 5.17. The quantitative estimate of drug-likeness (QED) is 0.354. The summed E-state index contributed by atoms with van der Waals surface area (Å²) in [6.45, 7) is 9.12. The molecule has 0 aliphatic heterocycles. The highest BCUT2D eigenvalue weighted by molar-refractivity contribution is 6.08. The smallest absolute Gasteiger partial charge is 0.222 e. The van der Waals surface area contributed by atoms with Gasteiger partial charge in [-0.15, -0.1) is 0 Å². The number of pyridine rings is 1. The number of rotatable bonds is 1. The Hall–Kier alpha value is -3.19. The summed E-state index contributed by atoms with van der Waals surface area (Å²) >= 11 is 0. The van der Waals surface area contributed by atoms with Crippen molar-refractivity contribution in [3.63, 3.8) is 0 Å². The Kier molecular flexibility index (Phi) is 3.10. The molecule has 0 fully saturated rings. The fourth-order valence-corrected chi connectivity index (χ4v) is 3.13. The van der Waals surface area contributed by atoms with Crippen LogP contribution in [0.4, 0.5) is 10.1 Å². The number of fused-ring (bicyclic) bond motifs is 3. The molecular formula is C20H14FN2O+. The van der Waals surface area contributed by atoms with Crippen molar-refractivity contribution in [2.24, 2.45) is 7.05 Å². The van der Waals surface area contributed by atoms with E-state index in [9.17, 15) is 4.39 Å². The molecule has 0 unspecified atom stereocenters. The minimum atomic E-state index is -0.520. The first kappa shape index (κ1) is 14.4. The van der Waals surface area contributed by atoms with Crippen molar-refractivity contribution in [1.29, 1.82) is 0 Å². The van der Waals surface area contributed by atoms with Gasteiger partial charge in [-0.05, 0) is 42.8 Å². The van der Waals surface area contributed by atoms with Gasteiger partial charge in [0.05, 0.1) is 12.0 Å². The Bertz CT molecular complexity index is 1150. The number of hydrogen-bond acceptors (Lipinski definition) is 1. The first-order valence-corrected chi connectivity index (χ1v) is 7.58. The van der Waals surface area contributed by atoms with E-state index in [0.29, 0.717) is 21.9 Å². The summed E-state index contributed by atoms with van der Waals surface area (Å²) in [5.74, 6) is -0.520. The van der Waals surface area contributed by atoms with Crippen LogP contribution < -0.4 is 4.57 Å². The Labute approximate surface area is 138 Å². The molecule has 0 N–H and O–H groups in total. The topological polar surface area (TPSA) is 21.4 Å². The third kappa shape index (κ3) is 1.99. The number of nitrogens with zero attached hydrogens (tertiary/aromatic N) is 2.